The second-order valence-corrected chi connectivity index (χ2v) is 7.85. The first-order valence-corrected chi connectivity index (χ1v) is 10.6. The molecule has 0 bridgehead atoms. The summed E-state index contributed by atoms with van der Waals surface area (Å²) in [5.74, 6) is -0.449. The SMILES string of the molecule is COC(=O)/C(Br)=C\c1cn(C(c2ccccc2)(c2ccccc2)c2ccccc2)cn1. The summed E-state index contributed by atoms with van der Waals surface area (Å²) in [6.45, 7) is 0. The second-order valence-electron chi connectivity index (χ2n) is 7.00. The molecule has 1 heterocycles. The number of carbonyl (C=O) groups is 1. The summed E-state index contributed by atoms with van der Waals surface area (Å²) in [5, 5.41) is 0. The lowest BCUT2D eigenvalue weighted by molar-refractivity contribution is -0.135. The van der Waals surface area contributed by atoms with Crippen molar-refractivity contribution in [1.82, 2.24) is 9.55 Å². The number of imidazole rings is 1. The van der Waals surface area contributed by atoms with Crippen molar-refractivity contribution >= 4 is 28.0 Å². The van der Waals surface area contributed by atoms with Crippen LogP contribution < -0.4 is 0 Å². The zero-order valence-electron chi connectivity index (χ0n) is 17.0. The Hall–Kier alpha value is -3.44. The normalized spacial score (nSPS) is 11.9. The molecule has 0 spiro atoms. The van der Waals surface area contributed by atoms with E-state index in [1.807, 2.05) is 60.8 Å². The third-order valence-electron chi connectivity index (χ3n) is 5.22. The van der Waals surface area contributed by atoms with Crippen LogP contribution in [-0.4, -0.2) is 22.6 Å². The van der Waals surface area contributed by atoms with E-state index in [9.17, 15) is 4.79 Å². The highest BCUT2D eigenvalue weighted by atomic mass is 79.9. The largest absolute Gasteiger partial charge is 0.465 e. The predicted molar refractivity (Wildman–Crippen MR) is 126 cm³/mol. The van der Waals surface area contributed by atoms with E-state index in [0.717, 1.165) is 16.7 Å². The van der Waals surface area contributed by atoms with Gasteiger partial charge in [-0.05, 0) is 38.7 Å². The molecule has 0 aliphatic rings. The van der Waals surface area contributed by atoms with Crippen molar-refractivity contribution in [2.45, 2.75) is 5.54 Å². The summed E-state index contributed by atoms with van der Waals surface area (Å²) >= 11 is 3.27. The van der Waals surface area contributed by atoms with Crippen LogP contribution in [-0.2, 0) is 15.1 Å². The molecule has 0 N–H and O–H groups in total. The monoisotopic (exact) mass is 472 g/mol. The third-order valence-corrected chi connectivity index (χ3v) is 5.77. The Morgan fingerprint density at radius 2 is 1.32 bits per heavy atom. The summed E-state index contributed by atoms with van der Waals surface area (Å²) < 4.78 is 7.18. The molecule has 4 rings (SSSR count). The van der Waals surface area contributed by atoms with Gasteiger partial charge < -0.3 is 9.30 Å². The topological polar surface area (TPSA) is 44.1 Å². The molecule has 0 radical (unpaired) electrons. The zero-order chi connectivity index (χ0) is 21.7. The van der Waals surface area contributed by atoms with E-state index in [2.05, 4.69) is 61.9 Å². The molecule has 154 valence electrons. The van der Waals surface area contributed by atoms with E-state index in [4.69, 9.17) is 4.74 Å². The standard InChI is InChI=1S/C26H21BrN2O2/c1-31-25(30)24(27)17-23-18-29(19-28-23)26(20-11-5-2-6-12-20,21-13-7-3-8-14-21)22-15-9-4-10-16-22/h2-19H,1H3/b24-17+. The Balaban J connectivity index is 1.99. The Morgan fingerprint density at radius 1 is 0.871 bits per heavy atom. The van der Waals surface area contributed by atoms with E-state index < -0.39 is 11.5 Å². The first-order chi connectivity index (χ1) is 15.2. The van der Waals surface area contributed by atoms with E-state index in [1.165, 1.54) is 7.11 Å². The fourth-order valence-corrected chi connectivity index (χ4v) is 4.26. The van der Waals surface area contributed by atoms with Gasteiger partial charge in [-0.25, -0.2) is 9.78 Å². The molecule has 0 unspecified atom stereocenters. The third kappa shape index (κ3) is 3.97. The van der Waals surface area contributed by atoms with Crippen LogP contribution in [0.4, 0.5) is 0 Å². The quantitative estimate of drug-likeness (QED) is 0.207. The van der Waals surface area contributed by atoms with E-state index >= 15 is 0 Å². The zero-order valence-corrected chi connectivity index (χ0v) is 18.6. The van der Waals surface area contributed by atoms with E-state index in [1.54, 1.807) is 12.4 Å². The minimum Gasteiger partial charge on any atom is -0.465 e. The Bertz CT molecular complexity index is 1090. The maximum Gasteiger partial charge on any atom is 0.345 e. The molecule has 0 saturated carbocycles. The van der Waals surface area contributed by atoms with Crippen molar-refractivity contribution in [2.75, 3.05) is 7.11 Å². The van der Waals surface area contributed by atoms with E-state index in [0.29, 0.717) is 10.2 Å². The molecular formula is C26H21BrN2O2. The van der Waals surface area contributed by atoms with Gasteiger partial charge >= 0.3 is 5.97 Å². The molecule has 31 heavy (non-hydrogen) atoms. The van der Waals surface area contributed by atoms with Crippen molar-refractivity contribution < 1.29 is 9.53 Å². The summed E-state index contributed by atoms with van der Waals surface area (Å²) in [5.41, 5.74) is 3.32. The van der Waals surface area contributed by atoms with E-state index in [-0.39, 0.29) is 0 Å². The number of methoxy groups -OCH3 is 1. The Morgan fingerprint density at radius 3 is 1.74 bits per heavy atom. The highest BCUT2D eigenvalue weighted by Crippen LogP contribution is 2.40. The first kappa shape index (κ1) is 20.8. The van der Waals surface area contributed by atoms with Crippen LogP contribution >= 0.6 is 15.9 Å². The molecule has 4 nitrogen and oxygen atoms in total. The molecule has 0 fully saturated rings. The number of aromatic nitrogens is 2. The molecule has 0 amide bonds. The average Bonchev–Trinajstić information content (AvgIpc) is 3.29. The van der Waals surface area contributed by atoms with Crippen LogP contribution in [0.5, 0.6) is 0 Å². The van der Waals surface area contributed by atoms with Crippen LogP contribution in [0.2, 0.25) is 0 Å². The van der Waals surface area contributed by atoms with Crippen molar-refractivity contribution in [1.29, 1.82) is 0 Å². The minimum atomic E-state index is -0.638. The predicted octanol–water partition coefficient (Wildman–Crippen LogP) is 5.63. The highest BCUT2D eigenvalue weighted by molar-refractivity contribution is 9.12. The van der Waals surface area contributed by atoms with Crippen molar-refractivity contribution in [2.24, 2.45) is 0 Å². The van der Waals surface area contributed by atoms with Gasteiger partial charge in [0.15, 0.2) is 0 Å². The van der Waals surface area contributed by atoms with Crippen molar-refractivity contribution in [3.05, 3.63) is 130 Å². The van der Waals surface area contributed by atoms with Gasteiger partial charge in [0.1, 0.15) is 10.0 Å². The molecule has 0 aliphatic carbocycles. The number of nitrogens with zero attached hydrogens (tertiary/aromatic N) is 2. The van der Waals surface area contributed by atoms with Crippen molar-refractivity contribution in [3.8, 4) is 0 Å². The average molecular weight is 473 g/mol. The van der Waals surface area contributed by atoms with Gasteiger partial charge in [0.25, 0.3) is 0 Å². The van der Waals surface area contributed by atoms with Crippen LogP contribution in [0, 0.1) is 0 Å². The second kappa shape index (κ2) is 9.14. The number of hydrogen-bond donors (Lipinski definition) is 0. The van der Waals surface area contributed by atoms with Gasteiger partial charge in [0, 0.05) is 6.20 Å². The van der Waals surface area contributed by atoms with Crippen LogP contribution in [0.1, 0.15) is 22.4 Å². The van der Waals surface area contributed by atoms with Gasteiger partial charge in [-0.15, -0.1) is 0 Å². The summed E-state index contributed by atoms with van der Waals surface area (Å²) in [4.78, 5) is 16.4. The minimum absolute atomic E-state index is 0.310. The van der Waals surface area contributed by atoms with Gasteiger partial charge in [0.2, 0.25) is 0 Å². The van der Waals surface area contributed by atoms with Gasteiger partial charge in [-0.2, -0.15) is 0 Å². The fourth-order valence-electron chi connectivity index (χ4n) is 3.87. The van der Waals surface area contributed by atoms with Crippen molar-refractivity contribution in [3.63, 3.8) is 0 Å². The first-order valence-electron chi connectivity index (χ1n) is 9.83. The van der Waals surface area contributed by atoms with Crippen LogP contribution in [0.15, 0.2) is 108 Å². The molecule has 3 aromatic carbocycles. The smallest absolute Gasteiger partial charge is 0.345 e. The van der Waals surface area contributed by atoms with Crippen LogP contribution in [0.25, 0.3) is 6.08 Å². The maximum absolute atomic E-state index is 11.8. The lowest BCUT2D eigenvalue weighted by Gasteiger charge is -2.37. The Labute approximate surface area is 190 Å². The summed E-state index contributed by atoms with van der Waals surface area (Å²) in [6.07, 6.45) is 5.40. The molecule has 4 aromatic rings. The van der Waals surface area contributed by atoms with Gasteiger partial charge in [0.05, 0.1) is 19.1 Å². The number of hydrogen-bond acceptors (Lipinski definition) is 3. The lowest BCUT2D eigenvalue weighted by Crippen LogP contribution is -2.36. The summed E-state index contributed by atoms with van der Waals surface area (Å²) in [6, 6.07) is 31.0. The molecule has 0 aliphatic heterocycles. The number of carbonyl (C=O) groups excluding carboxylic acids is 1. The van der Waals surface area contributed by atoms with Crippen LogP contribution in [0.3, 0.4) is 0 Å². The highest BCUT2D eigenvalue weighted by Gasteiger charge is 2.38. The molecule has 0 atom stereocenters. The van der Waals surface area contributed by atoms with Gasteiger partial charge in [-0.3, -0.25) is 0 Å². The molecule has 5 heteroatoms. The maximum atomic E-state index is 11.8. The molecular weight excluding hydrogens is 452 g/mol. The summed E-state index contributed by atoms with van der Waals surface area (Å²) in [7, 11) is 1.35. The molecule has 0 saturated heterocycles. The molecule has 1 aromatic heterocycles. The Kier molecular flexibility index (Phi) is 6.14. The number of benzene rings is 3. The van der Waals surface area contributed by atoms with Gasteiger partial charge in [-0.1, -0.05) is 91.0 Å². The number of halogens is 1. The number of esters is 1. The lowest BCUT2D eigenvalue weighted by atomic mass is 9.77. The number of ether oxygens (including phenoxy) is 1. The fraction of sp³-hybridized carbons (Fsp3) is 0.0769. The number of rotatable bonds is 6.